The first-order valence-electron chi connectivity index (χ1n) is 8.12. The molecule has 0 saturated carbocycles. The first-order chi connectivity index (χ1) is 10.9. The lowest BCUT2D eigenvalue weighted by molar-refractivity contribution is 0.0504. The molecule has 4 nitrogen and oxygen atoms in total. The lowest BCUT2D eigenvalue weighted by atomic mass is 9.90. The van der Waals surface area contributed by atoms with E-state index in [9.17, 15) is 4.79 Å². The summed E-state index contributed by atoms with van der Waals surface area (Å²) in [5, 5.41) is 8.89. The SMILES string of the molecule is CC(C)(C)OC(=O)N[C@H]1CNC[C@@H]1c1cccc2ccccc12. The maximum Gasteiger partial charge on any atom is 0.407 e. The predicted molar refractivity (Wildman–Crippen MR) is 92.7 cm³/mol. The molecule has 4 heteroatoms. The van der Waals surface area contributed by atoms with Crippen LogP contribution in [0.5, 0.6) is 0 Å². The van der Waals surface area contributed by atoms with Crippen molar-refractivity contribution in [2.24, 2.45) is 0 Å². The van der Waals surface area contributed by atoms with E-state index in [4.69, 9.17) is 4.74 Å². The van der Waals surface area contributed by atoms with Crippen molar-refractivity contribution in [3.05, 3.63) is 48.0 Å². The van der Waals surface area contributed by atoms with Crippen molar-refractivity contribution in [3.8, 4) is 0 Å². The molecule has 122 valence electrons. The Balaban J connectivity index is 1.82. The van der Waals surface area contributed by atoms with Gasteiger partial charge in [-0.1, -0.05) is 42.5 Å². The van der Waals surface area contributed by atoms with E-state index in [-0.39, 0.29) is 18.1 Å². The maximum atomic E-state index is 12.1. The molecule has 1 fully saturated rings. The molecule has 2 N–H and O–H groups in total. The third-order valence-electron chi connectivity index (χ3n) is 4.14. The molecule has 0 spiro atoms. The van der Waals surface area contributed by atoms with E-state index >= 15 is 0 Å². The number of hydrogen-bond acceptors (Lipinski definition) is 3. The highest BCUT2D eigenvalue weighted by molar-refractivity contribution is 5.86. The van der Waals surface area contributed by atoms with Crippen molar-refractivity contribution in [2.45, 2.75) is 38.3 Å². The topological polar surface area (TPSA) is 50.4 Å². The molecule has 1 aliphatic rings. The molecule has 2 aromatic rings. The highest BCUT2D eigenvalue weighted by Crippen LogP contribution is 2.30. The number of carbonyl (C=O) groups is 1. The molecule has 2 atom stereocenters. The van der Waals surface area contributed by atoms with Gasteiger partial charge in [0, 0.05) is 19.0 Å². The maximum absolute atomic E-state index is 12.1. The van der Waals surface area contributed by atoms with Crippen molar-refractivity contribution >= 4 is 16.9 Å². The van der Waals surface area contributed by atoms with E-state index in [1.807, 2.05) is 20.8 Å². The van der Waals surface area contributed by atoms with E-state index in [1.54, 1.807) is 0 Å². The lowest BCUT2D eigenvalue weighted by Crippen LogP contribution is -2.42. The third kappa shape index (κ3) is 3.64. The molecule has 2 aromatic carbocycles. The highest BCUT2D eigenvalue weighted by Gasteiger charge is 2.31. The molecular formula is C19H24N2O2. The van der Waals surface area contributed by atoms with Crippen molar-refractivity contribution < 1.29 is 9.53 Å². The highest BCUT2D eigenvalue weighted by atomic mass is 16.6. The third-order valence-corrected chi connectivity index (χ3v) is 4.14. The van der Waals surface area contributed by atoms with Crippen LogP contribution in [0.1, 0.15) is 32.3 Å². The summed E-state index contributed by atoms with van der Waals surface area (Å²) < 4.78 is 5.39. The van der Waals surface area contributed by atoms with Crippen LogP contribution in [0, 0.1) is 0 Å². The fraction of sp³-hybridized carbons (Fsp3) is 0.421. The quantitative estimate of drug-likeness (QED) is 0.893. The number of benzene rings is 2. The molecule has 1 aliphatic heterocycles. The second-order valence-corrected chi connectivity index (χ2v) is 7.09. The molecular weight excluding hydrogens is 288 g/mol. The largest absolute Gasteiger partial charge is 0.444 e. The fourth-order valence-electron chi connectivity index (χ4n) is 3.19. The molecule has 0 radical (unpaired) electrons. The van der Waals surface area contributed by atoms with Crippen LogP contribution in [0.25, 0.3) is 10.8 Å². The van der Waals surface area contributed by atoms with Crippen LogP contribution in [-0.2, 0) is 4.74 Å². The number of carbonyl (C=O) groups excluding carboxylic acids is 1. The number of hydrogen-bond donors (Lipinski definition) is 2. The first kappa shape index (κ1) is 15.8. The Morgan fingerprint density at radius 3 is 2.65 bits per heavy atom. The number of amides is 1. The van der Waals surface area contributed by atoms with Crippen molar-refractivity contribution in [3.63, 3.8) is 0 Å². The van der Waals surface area contributed by atoms with Crippen LogP contribution in [-0.4, -0.2) is 30.8 Å². The minimum atomic E-state index is -0.481. The van der Waals surface area contributed by atoms with Gasteiger partial charge in [-0.15, -0.1) is 0 Å². The predicted octanol–water partition coefficient (Wildman–Crippen LogP) is 3.42. The van der Waals surface area contributed by atoms with Crippen molar-refractivity contribution in [1.29, 1.82) is 0 Å². The molecule has 0 bridgehead atoms. The molecule has 1 amide bonds. The minimum absolute atomic E-state index is 0.0376. The van der Waals surface area contributed by atoms with Crippen LogP contribution >= 0.6 is 0 Å². The van der Waals surface area contributed by atoms with Gasteiger partial charge in [0.2, 0.25) is 0 Å². The zero-order valence-electron chi connectivity index (χ0n) is 13.9. The number of rotatable bonds is 2. The van der Waals surface area contributed by atoms with Gasteiger partial charge in [0.25, 0.3) is 0 Å². The van der Waals surface area contributed by atoms with E-state index in [1.165, 1.54) is 16.3 Å². The molecule has 0 unspecified atom stereocenters. The van der Waals surface area contributed by atoms with Gasteiger partial charge >= 0.3 is 6.09 Å². The van der Waals surface area contributed by atoms with E-state index in [0.29, 0.717) is 0 Å². The molecule has 23 heavy (non-hydrogen) atoms. The summed E-state index contributed by atoms with van der Waals surface area (Å²) in [5.74, 6) is 0.244. The normalized spacial score (nSPS) is 21.3. The summed E-state index contributed by atoms with van der Waals surface area (Å²) >= 11 is 0. The fourth-order valence-corrected chi connectivity index (χ4v) is 3.19. The number of alkyl carbamates (subject to hydrolysis) is 1. The van der Waals surface area contributed by atoms with Crippen LogP contribution in [0.3, 0.4) is 0 Å². The summed E-state index contributed by atoms with van der Waals surface area (Å²) in [4.78, 5) is 12.1. The minimum Gasteiger partial charge on any atom is -0.444 e. The lowest BCUT2D eigenvalue weighted by Gasteiger charge is -2.25. The number of fused-ring (bicyclic) bond motifs is 1. The summed E-state index contributed by atoms with van der Waals surface area (Å²) in [7, 11) is 0. The van der Waals surface area contributed by atoms with Gasteiger partial charge in [-0.25, -0.2) is 4.79 Å². The van der Waals surface area contributed by atoms with Gasteiger partial charge in [0.15, 0.2) is 0 Å². The van der Waals surface area contributed by atoms with Crippen LogP contribution in [0.15, 0.2) is 42.5 Å². The van der Waals surface area contributed by atoms with Gasteiger partial charge in [-0.05, 0) is 37.1 Å². The van der Waals surface area contributed by atoms with Crippen LogP contribution in [0.4, 0.5) is 4.79 Å². The van der Waals surface area contributed by atoms with E-state index in [2.05, 4.69) is 53.1 Å². The van der Waals surface area contributed by atoms with Crippen molar-refractivity contribution in [2.75, 3.05) is 13.1 Å². The molecule has 1 saturated heterocycles. The van der Waals surface area contributed by atoms with Crippen molar-refractivity contribution in [1.82, 2.24) is 10.6 Å². The van der Waals surface area contributed by atoms with Crippen LogP contribution < -0.4 is 10.6 Å². The molecule has 3 rings (SSSR count). The molecule has 0 aromatic heterocycles. The van der Waals surface area contributed by atoms with Gasteiger partial charge < -0.3 is 15.4 Å². The average molecular weight is 312 g/mol. The summed E-state index contributed by atoms with van der Waals surface area (Å²) in [5.41, 5.74) is 0.791. The Morgan fingerprint density at radius 1 is 1.13 bits per heavy atom. The van der Waals surface area contributed by atoms with E-state index in [0.717, 1.165) is 13.1 Å². The molecule has 0 aliphatic carbocycles. The Hall–Kier alpha value is -2.07. The van der Waals surface area contributed by atoms with Gasteiger partial charge in [-0.2, -0.15) is 0 Å². The first-order valence-corrected chi connectivity index (χ1v) is 8.12. The Bertz CT molecular complexity index is 701. The number of ether oxygens (including phenoxy) is 1. The van der Waals surface area contributed by atoms with Gasteiger partial charge in [-0.3, -0.25) is 0 Å². The Labute approximate surface area is 137 Å². The second kappa shape index (κ2) is 6.20. The second-order valence-electron chi connectivity index (χ2n) is 7.09. The average Bonchev–Trinajstić information content (AvgIpc) is 2.92. The standard InChI is InChI=1S/C19H24N2O2/c1-19(2,3)23-18(22)21-17-12-20-11-16(17)15-10-6-8-13-7-4-5-9-14(13)15/h4-10,16-17,20H,11-12H2,1-3H3,(H,21,22)/t16-,17+/m1/s1. The summed E-state index contributed by atoms with van der Waals surface area (Å²) in [6.07, 6.45) is -0.351. The van der Waals surface area contributed by atoms with Gasteiger partial charge in [0.1, 0.15) is 5.60 Å². The van der Waals surface area contributed by atoms with Gasteiger partial charge in [0.05, 0.1) is 6.04 Å². The summed E-state index contributed by atoms with van der Waals surface area (Å²) in [6.45, 7) is 7.24. The van der Waals surface area contributed by atoms with E-state index < -0.39 is 5.60 Å². The zero-order chi connectivity index (χ0) is 16.4. The molecule has 1 heterocycles. The Kier molecular flexibility index (Phi) is 4.26. The van der Waals surface area contributed by atoms with Crippen LogP contribution in [0.2, 0.25) is 0 Å². The Morgan fingerprint density at radius 2 is 1.87 bits per heavy atom. The smallest absolute Gasteiger partial charge is 0.407 e. The summed E-state index contributed by atoms with van der Waals surface area (Å²) in [6, 6.07) is 14.8. The monoisotopic (exact) mass is 312 g/mol. The zero-order valence-corrected chi connectivity index (χ0v) is 13.9. The number of nitrogens with one attached hydrogen (secondary N) is 2.